The van der Waals surface area contributed by atoms with E-state index >= 15 is 0 Å². The highest BCUT2D eigenvalue weighted by molar-refractivity contribution is 7.15. The van der Waals surface area contributed by atoms with Gasteiger partial charge in [0, 0.05) is 5.92 Å². The van der Waals surface area contributed by atoms with Crippen LogP contribution in [-0.4, -0.2) is 27.3 Å². The molecule has 2 atom stereocenters. The number of nitrogens with zero attached hydrogens (tertiary/aromatic N) is 2. The van der Waals surface area contributed by atoms with Gasteiger partial charge in [-0.2, -0.15) is 0 Å². The van der Waals surface area contributed by atoms with E-state index in [9.17, 15) is 9.90 Å². The number of aromatic nitrogens is 2. The topological polar surface area (TPSA) is 75.1 Å². The molecule has 0 aromatic carbocycles. The number of carbonyl (C=O) groups excluding carboxylic acids is 1. The largest absolute Gasteiger partial charge is 0.392 e. The lowest BCUT2D eigenvalue weighted by atomic mass is 10.1. The Balaban J connectivity index is 1.97. The van der Waals surface area contributed by atoms with Gasteiger partial charge >= 0.3 is 0 Å². The zero-order valence-electron chi connectivity index (χ0n) is 10.0. The molecule has 17 heavy (non-hydrogen) atoms. The number of nitrogens with one attached hydrogen (secondary N) is 1. The number of rotatable bonds is 3. The van der Waals surface area contributed by atoms with Crippen LogP contribution in [0.4, 0.5) is 5.13 Å². The van der Waals surface area contributed by atoms with Gasteiger partial charge < -0.3 is 10.4 Å². The molecule has 1 aromatic rings. The summed E-state index contributed by atoms with van der Waals surface area (Å²) in [6, 6.07) is 0. The summed E-state index contributed by atoms with van der Waals surface area (Å²) in [7, 11) is 0. The standard InChI is InChI=1S/C11H17N3O2S/c1-6(2)10-13-14-11(17-10)12-9(16)7-4-3-5-8(7)15/h6-8,15H,3-5H2,1-2H3,(H,12,14,16). The van der Waals surface area contributed by atoms with Crippen LogP contribution < -0.4 is 5.32 Å². The number of carbonyl (C=O) groups is 1. The second-order valence-electron chi connectivity index (χ2n) is 4.69. The molecule has 94 valence electrons. The minimum atomic E-state index is -0.507. The smallest absolute Gasteiger partial charge is 0.231 e. The predicted octanol–water partition coefficient (Wildman–Crippen LogP) is 1.76. The normalized spacial score (nSPS) is 24.2. The average Bonchev–Trinajstić information content (AvgIpc) is 2.86. The van der Waals surface area contributed by atoms with Crippen LogP contribution in [0.3, 0.4) is 0 Å². The Labute approximate surface area is 104 Å². The van der Waals surface area contributed by atoms with Gasteiger partial charge in [-0.25, -0.2) is 0 Å². The zero-order valence-corrected chi connectivity index (χ0v) is 10.8. The molecule has 0 radical (unpaired) electrons. The van der Waals surface area contributed by atoms with Crippen LogP contribution in [-0.2, 0) is 4.79 Å². The van der Waals surface area contributed by atoms with E-state index in [2.05, 4.69) is 15.5 Å². The fourth-order valence-corrected chi connectivity index (χ4v) is 2.71. The van der Waals surface area contributed by atoms with E-state index in [0.717, 1.165) is 17.8 Å². The number of amides is 1. The van der Waals surface area contributed by atoms with Crippen molar-refractivity contribution < 1.29 is 9.90 Å². The molecule has 1 saturated carbocycles. The van der Waals surface area contributed by atoms with Gasteiger partial charge in [-0.1, -0.05) is 25.2 Å². The van der Waals surface area contributed by atoms with Crippen LogP contribution in [0.2, 0.25) is 0 Å². The number of hydrogen-bond donors (Lipinski definition) is 2. The molecule has 0 saturated heterocycles. The first-order valence-corrected chi connectivity index (χ1v) is 6.72. The van der Waals surface area contributed by atoms with E-state index in [-0.39, 0.29) is 11.8 Å². The zero-order chi connectivity index (χ0) is 12.4. The maximum absolute atomic E-state index is 11.9. The first-order chi connectivity index (χ1) is 8.08. The van der Waals surface area contributed by atoms with Crippen LogP contribution in [0.1, 0.15) is 44.0 Å². The number of aliphatic hydroxyl groups is 1. The van der Waals surface area contributed by atoms with Gasteiger partial charge in [0.25, 0.3) is 0 Å². The molecule has 1 amide bonds. The lowest BCUT2D eigenvalue weighted by molar-refractivity contribution is -0.122. The molecule has 2 unspecified atom stereocenters. The van der Waals surface area contributed by atoms with Crippen LogP contribution in [0.5, 0.6) is 0 Å². The van der Waals surface area contributed by atoms with Gasteiger partial charge in [-0.15, -0.1) is 10.2 Å². The summed E-state index contributed by atoms with van der Waals surface area (Å²) in [4.78, 5) is 11.9. The van der Waals surface area contributed by atoms with Crippen molar-refractivity contribution in [3.8, 4) is 0 Å². The van der Waals surface area contributed by atoms with Crippen molar-refractivity contribution >= 4 is 22.4 Å². The summed E-state index contributed by atoms with van der Waals surface area (Å²) >= 11 is 1.39. The summed E-state index contributed by atoms with van der Waals surface area (Å²) in [6.07, 6.45) is 1.87. The molecule has 5 nitrogen and oxygen atoms in total. The van der Waals surface area contributed by atoms with Gasteiger partial charge in [0.15, 0.2) is 0 Å². The first kappa shape index (κ1) is 12.4. The SMILES string of the molecule is CC(C)c1nnc(NC(=O)C2CCCC2O)s1. The van der Waals surface area contributed by atoms with Crippen molar-refractivity contribution in [2.24, 2.45) is 5.92 Å². The lowest BCUT2D eigenvalue weighted by Crippen LogP contribution is -2.28. The summed E-state index contributed by atoms with van der Waals surface area (Å²) in [5, 5.41) is 21.7. The Bertz CT molecular complexity index is 405. The number of anilines is 1. The van der Waals surface area contributed by atoms with Crippen LogP contribution in [0.15, 0.2) is 0 Å². The fraction of sp³-hybridized carbons (Fsp3) is 0.727. The molecule has 1 aromatic heterocycles. The van der Waals surface area contributed by atoms with Crippen molar-refractivity contribution in [1.29, 1.82) is 0 Å². The third kappa shape index (κ3) is 2.81. The maximum Gasteiger partial charge on any atom is 0.231 e. The van der Waals surface area contributed by atoms with Crippen LogP contribution >= 0.6 is 11.3 Å². The van der Waals surface area contributed by atoms with Gasteiger partial charge in [0.05, 0.1) is 12.0 Å². The van der Waals surface area contributed by atoms with E-state index in [1.807, 2.05) is 13.8 Å². The van der Waals surface area contributed by atoms with Crippen molar-refractivity contribution in [2.75, 3.05) is 5.32 Å². The third-order valence-electron chi connectivity index (χ3n) is 2.98. The van der Waals surface area contributed by atoms with Gasteiger partial charge in [0.1, 0.15) is 5.01 Å². The van der Waals surface area contributed by atoms with Crippen molar-refractivity contribution in [3.63, 3.8) is 0 Å². The van der Waals surface area contributed by atoms with Crippen LogP contribution in [0.25, 0.3) is 0 Å². The Kier molecular flexibility index (Phi) is 3.73. The second-order valence-corrected chi connectivity index (χ2v) is 5.70. The van der Waals surface area contributed by atoms with Crippen molar-refractivity contribution in [1.82, 2.24) is 10.2 Å². The van der Waals surface area contributed by atoms with Crippen LogP contribution in [0, 0.1) is 5.92 Å². The minimum absolute atomic E-state index is 0.138. The Morgan fingerprint density at radius 1 is 1.47 bits per heavy atom. The second kappa shape index (κ2) is 5.10. The molecule has 0 aliphatic heterocycles. The minimum Gasteiger partial charge on any atom is -0.392 e. The number of aliphatic hydroxyl groups excluding tert-OH is 1. The molecular weight excluding hydrogens is 238 g/mol. The average molecular weight is 255 g/mol. The summed E-state index contributed by atoms with van der Waals surface area (Å²) in [5.74, 6) is -0.113. The molecule has 0 bridgehead atoms. The first-order valence-electron chi connectivity index (χ1n) is 5.90. The molecule has 1 heterocycles. The van der Waals surface area contributed by atoms with Gasteiger partial charge in [-0.05, 0) is 19.3 Å². The van der Waals surface area contributed by atoms with Gasteiger partial charge in [-0.3, -0.25) is 4.79 Å². The van der Waals surface area contributed by atoms with E-state index in [4.69, 9.17) is 0 Å². The maximum atomic E-state index is 11.9. The molecule has 6 heteroatoms. The van der Waals surface area contributed by atoms with E-state index in [1.54, 1.807) is 0 Å². The summed E-state index contributed by atoms with van der Waals surface area (Å²) in [5.41, 5.74) is 0. The predicted molar refractivity (Wildman–Crippen MR) is 66.0 cm³/mol. The highest BCUT2D eigenvalue weighted by Gasteiger charge is 2.31. The molecule has 1 aliphatic rings. The third-order valence-corrected chi connectivity index (χ3v) is 4.12. The molecule has 2 N–H and O–H groups in total. The Hall–Kier alpha value is -1.01. The van der Waals surface area contributed by atoms with Crippen molar-refractivity contribution in [2.45, 2.75) is 45.1 Å². The Morgan fingerprint density at radius 2 is 2.24 bits per heavy atom. The van der Waals surface area contributed by atoms with E-state index in [1.165, 1.54) is 11.3 Å². The molecular formula is C11H17N3O2S. The highest BCUT2D eigenvalue weighted by atomic mass is 32.1. The monoisotopic (exact) mass is 255 g/mol. The molecule has 1 fully saturated rings. The summed E-state index contributed by atoms with van der Waals surface area (Å²) in [6.45, 7) is 4.07. The Morgan fingerprint density at radius 3 is 2.76 bits per heavy atom. The lowest BCUT2D eigenvalue weighted by Gasteiger charge is -2.12. The van der Waals surface area contributed by atoms with E-state index in [0.29, 0.717) is 17.5 Å². The quantitative estimate of drug-likeness (QED) is 0.863. The fourth-order valence-electron chi connectivity index (χ4n) is 1.96. The van der Waals surface area contributed by atoms with Crippen molar-refractivity contribution in [3.05, 3.63) is 5.01 Å². The molecule has 1 aliphatic carbocycles. The molecule has 0 spiro atoms. The highest BCUT2D eigenvalue weighted by Crippen LogP contribution is 2.28. The molecule has 2 rings (SSSR count). The van der Waals surface area contributed by atoms with Gasteiger partial charge in [0.2, 0.25) is 11.0 Å². The summed E-state index contributed by atoms with van der Waals surface area (Å²) < 4.78 is 0. The van der Waals surface area contributed by atoms with E-state index < -0.39 is 6.10 Å². The number of hydrogen-bond acceptors (Lipinski definition) is 5.